The van der Waals surface area contributed by atoms with E-state index in [0.29, 0.717) is 12.2 Å². The maximum atomic E-state index is 10.2. The summed E-state index contributed by atoms with van der Waals surface area (Å²) in [6.07, 6.45) is 1.69. The molecule has 3 nitrogen and oxygen atoms in total. The van der Waals surface area contributed by atoms with Crippen molar-refractivity contribution in [3.63, 3.8) is 0 Å². The van der Waals surface area contributed by atoms with E-state index in [2.05, 4.69) is 4.98 Å². The van der Waals surface area contributed by atoms with Gasteiger partial charge in [0.1, 0.15) is 0 Å². The molecule has 13 heavy (non-hydrogen) atoms. The fourth-order valence-electron chi connectivity index (χ4n) is 1.43. The smallest absolute Gasteiger partial charge is 0.298 e. The Morgan fingerprint density at radius 3 is 3.08 bits per heavy atom. The van der Waals surface area contributed by atoms with Crippen LogP contribution in [0.4, 0.5) is 0 Å². The van der Waals surface area contributed by atoms with E-state index < -0.39 is 0 Å². The van der Waals surface area contributed by atoms with Crippen LogP contribution in [-0.4, -0.2) is 11.5 Å². The quantitative estimate of drug-likeness (QED) is 0.709. The van der Waals surface area contributed by atoms with E-state index in [9.17, 15) is 4.79 Å². The lowest BCUT2D eigenvalue weighted by Gasteiger charge is -1.96. The topological polar surface area (TPSA) is 42.1 Å². The first-order valence-corrected chi connectivity index (χ1v) is 4.00. The molecule has 3 heteroatoms. The van der Waals surface area contributed by atoms with Gasteiger partial charge >= 0.3 is 0 Å². The number of rotatable bonds is 2. The fourth-order valence-corrected chi connectivity index (χ4v) is 1.43. The second kappa shape index (κ2) is 2.94. The molecular weight excluding hydrogens is 166 g/mol. The molecule has 0 spiro atoms. The number of para-hydroxylation sites is 1. The van der Waals surface area contributed by atoms with Gasteiger partial charge in [0.05, 0.1) is 5.52 Å². The zero-order valence-electron chi connectivity index (χ0n) is 7.20. The summed E-state index contributed by atoms with van der Waals surface area (Å²) in [5, 5.41) is 0.937. The van der Waals surface area contributed by atoms with Crippen molar-refractivity contribution in [2.45, 2.75) is 6.92 Å². The first-order valence-electron chi connectivity index (χ1n) is 4.00. The molecule has 0 amide bonds. The van der Waals surface area contributed by atoms with Crippen LogP contribution in [-0.2, 0) is 4.79 Å². The molecule has 2 rings (SSSR count). The van der Waals surface area contributed by atoms with E-state index in [0.717, 1.165) is 16.5 Å². The summed E-state index contributed by atoms with van der Waals surface area (Å²) in [5.41, 5.74) is 2.15. The van der Waals surface area contributed by atoms with Crippen molar-refractivity contribution in [2.75, 3.05) is 0 Å². The predicted octanol–water partition coefficient (Wildman–Crippen LogP) is 2.01. The summed E-state index contributed by atoms with van der Waals surface area (Å²) in [7, 11) is 0. The van der Waals surface area contributed by atoms with E-state index in [1.165, 1.54) is 0 Å². The lowest BCUT2D eigenvalue weighted by molar-refractivity contribution is -0.120. The number of aryl methyl sites for hydroxylation is 1. The van der Waals surface area contributed by atoms with Crippen LogP contribution in [0, 0.1) is 6.92 Å². The van der Waals surface area contributed by atoms with Crippen molar-refractivity contribution in [3.8, 4) is 5.75 Å². The van der Waals surface area contributed by atoms with Gasteiger partial charge in [-0.15, -0.1) is 0 Å². The lowest BCUT2D eigenvalue weighted by Crippen LogP contribution is -1.85. The van der Waals surface area contributed by atoms with Gasteiger partial charge in [0.2, 0.25) is 0 Å². The minimum Gasteiger partial charge on any atom is -0.426 e. The van der Waals surface area contributed by atoms with E-state index >= 15 is 0 Å². The maximum Gasteiger partial charge on any atom is 0.298 e. The Bertz CT molecular complexity index is 445. The second-order valence-electron chi connectivity index (χ2n) is 2.86. The van der Waals surface area contributed by atoms with Crippen LogP contribution in [0.2, 0.25) is 0 Å². The number of H-pyrrole nitrogens is 1. The normalized spacial score (nSPS) is 10.2. The van der Waals surface area contributed by atoms with Crippen molar-refractivity contribution in [1.82, 2.24) is 4.98 Å². The Morgan fingerprint density at radius 1 is 1.46 bits per heavy atom. The van der Waals surface area contributed by atoms with Crippen LogP contribution in [0.25, 0.3) is 10.9 Å². The molecule has 2 aromatic rings. The van der Waals surface area contributed by atoms with Crippen molar-refractivity contribution in [3.05, 3.63) is 30.0 Å². The highest BCUT2D eigenvalue weighted by atomic mass is 16.5. The van der Waals surface area contributed by atoms with Gasteiger partial charge in [0.25, 0.3) is 6.47 Å². The van der Waals surface area contributed by atoms with Gasteiger partial charge in [-0.1, -0.05) is 12.1 Å². The molecule has 0 saturated carbocycles. The van der Waals surface area contributed by atoms with Crippen LogP contribution in [0.1, 0.15) is 5.56 Å². The number of hydrogen-bond acceptors (Lipinski definition) is 2. The number of benzene rings is 1. The summed E-state index contributed by atoms with van der Waals surface area (Å²) >= 11 is 0. The average molecular weight is 175 g/mol. The molecule has 0 bridgehead atoms. The monoisotopic (exact) mass is 175 g/mol. The van der Waals surface area contributed by atoms with Gasteiger partial charge in [-0.05, 0) is 18.6 Å². The molecule has 1 heterocycles. The number of nitrogens with one attached hydrogen (secondary N) is 1. The minimum atomic E-state index is 0.435. The van der Waals surface area contributed by atoms with Gasteiger partial charge in [-0.25, -0.2) is 0 Å². The van der Waals surface area contributed by atoms with Crippen molar-refractivity contribution < 1.29 is 9.53 Å². The standard InChI is InChI=1S/C10H9NO2/c1-7-3-2-4-8-9(13-6-12)5-11-10(7)8/h2-6,11H,1H3. The molecule has 1 aromatic heterocycles. The zero-order chi connectivity index (χ0) is 9.26. The number of hydrogen-bond donors (Lipinski definition) is 1. The van der Waals surface area contributed by atoms with Gasteiger partial charge in [-0.3, -0.25) is 4.79 Å². The van der Waals surface area contributed by atoms with E-state index in [1.54, 1.807) is 6.20 Å². The third-order valence-corrected chi connectivity index (χ3v) is 2.06. The first-order chi connectivity index (χ1) is 6.33. The van der Waals surface area contributed by atoms with Crippen LogP contribution in [0.5, 0.6) is 5.75 Å². The SMILES string of the molecule is Cc1cccc2c(OC=O)c[nH]c12. The van der Waals surface area contributed by atoms with Crippen LogP contribution >= 0.6 is 0 Å². The second-order valence-corrected chi connectivity index (χ2v) is 2.86. The Kier molecular flexibility index (Phi) is 1.77. The predicted molar refractivity (Wildman–Crippen MR) is 49.7 cm³/mol. The molecule has 0 unspecified atom stereocenters. The number of fused-ring (bicyclic) bond motifs is 1. The number of carbonyl (C=O) groups is 1. The number of aromatic nitrogens is 1. The van der Waals surface area contributed by atoms with Crippen molar-refractivity contribution >= 4 is 17.4 Å². The molecule has 1 aromatic carbocycles. The summed E-state index contributed by atoms with van der Waals surface area (Å²) < 4.78 is 4.80. The number of ether oxygens (including phenoxy) is 1. The van der Waals surface area contributed by atoms with Gasteiger partial charge < -0.3 is 9.72 Å². The molecule has 0 aliphatic heterocycles. The molecular formula is C10H9NO2. The van der Waals surface area contributed by atoms with E-state index in [1.807, 2.05) is 25.1 Å². The lowest BCUT2D eigenvalue weighted by atomic mass is 10.2. The number of carbonyl (C=O) groups excluding carboxylic acids is 1. The highest BCUT2D eigenvalue weighted by molar-refractivity contribution is 5.89. The molecule has 0 radical (unpaired) electrons. The molecule has 0 fully saturated rings. The third kappa shape index (κ3) is 1.18. The first kappa shape index (κ1) is 7.86. The molecule has 66 valence electrons. The Balaban J connectivity index is 2.67. The largest absolute Gasteiger partial charge is 0.426 e. The van der Waals surface area contributed by atoms with Gasteiger partial charge in [0, 0.05) is 11.6 Å². The molecule has 0 atom stereocenters. The van der Waals surface area contributed by atoms with Gasteiger partial charge in [-0.2, -0.15) is 0 Å². The van der Waals surface area contributed by atoms with Crippen LogP contribution < -0.4 is 4.74 Å². The highest BCUT2D eigenvalue weighted by Crippen LogP contribution is 2.26. The summed E-state index contributed by atoms with van der Waals surface area (Å²) in [5.74, 6) is 0.578. The minimum absolute atomic E-state index is 0.435. The molecule has 0 aliphatic rings. The Hall–Kier alpha value is -1.77. The third-order valence-electron chi connectivity index (χ3n) is 2.06. The maximum absolute atomic E-state index is 10.2. The fraction of sp³-hybridized carbons (Fsp3) is 0.100. The van der Waals surface area contributed by atoms with E-state index in [-0.39, 0.29) is 0 Å². The number of aromatic amines is 1. The molecule has 1 N–H and O–H groups in total. The van der Waals surface area contributed by atoms with Crippen molar-refractivity contribution in [1.29, 1.82) is 0 Å². The zero-order valence-corrected chi connectivity index (χ0v) is 7.20. The summed E-state index contributed by atoms with van der Waals surface area (Å²) in [6, 6.07) is 5.85. The Labute approximate surface area is 75.3 Å². The highest BCUT2D eigenvalue weighted by Gasteiger charge is 2.04. The van der Waals surface area contributed by atoms with Crippen LogP contribution in [0.3, 0.4) is 0 Å². The summed E-state index contributed by atoms with van der Waals surface area (Å²) in [6.45, 7) is 2.44. The van der Waals surface area contributed by atoms with Crippen LogP contribution in [0.15, 0.2) is 24.4 Å². The van der Waals surface area contributed by atoms with E-state index in [4.69, 9.17) is 4.74 Å². The average Bonchev–Trinajstić information content (AvgIpc) is 2.51. The summed E-state index contributed by atoms with van der Waals surface area (Å²) in [4.78, 5) is 13.2. The Morgan fingerprint density at radius 2 is 2.31 bits per heavy atom. The molecule has 0 aliphatic carbocycles. The van der Waals surface area contributed by atoms with Gasteiger partial charge in [0.15, 0.2) is 5.75 Å². The van der Waals surface area contributed by atoms with Crippen molar-refractivity contribution in [2.24, 2.45) is 0 Å². The molecule has 0 saturated heterocycles.